The molecular weight excluding hydrogens is 428 g/mol. The maximum Gasteiger partial charge on any atom is 0.219 e. The zero-order valence-corrected chi connectivity index (χ0v) is 22.2. The summed E-state index contributed by atoms with van der Waals surface area (Å²) in [5.41, 5.74) is 1.35. The number of rotatable bonds is 5. The Bertz CT molecular complexity index is 734. The van der Waals surface area contributed by atoms with Gasteiger partial charge in [0.15, 0.2) is 5.78 Å². The van der Waals surface area contributed by atoms with Gasteiger partial charge in [-0.3, -0.25) is 9.59 Å². The fraction of sp³-hybridized carbons (Fsp3) is 0.586. The Labute approximate surface area is 207 Å². The lowest BCUT2D eigenvalue weighted by molar-refractivity contribution is -0.126. The molecule has 0 radical (unpaired) electrons. The lowest BCUT2D eigenvalue weighted by Crippen LogP contribution is -2.52. The molecule has 0 aromatic rings. The number of terminal acetylenes is 1. The Hall–Kier alpha value is -1.83. The molecule has 3 aliphatic rings. The second kappa shape index (κ2) is 14.4. The molecule has 33 heavy (non-hydrogen) atoms. The van der Waals surface area contributed by atoms with Gasteiger partial charge in [0.2, 0.25) is 5.12 Å². The van der Waals surface area contributed by atoms with Crippen LogP contribution in [0.15, 0.2) is 50.1 Å². The van der Waals surface area contributed by atoms with Crippen molar-refractivity contribution in [3.63, 3.8) is 0 Å². The van der Waals surface area contributed by atoms with Crippen molar-refractivity contribution in [1.82, 2.24) is 0 Å². The van der Waals surface area contributed by atoms with Gasteiger partial charge in [0.25, 0.3) is 0 Å². The number of hydrogen-bond donors (Lipinski definition) is 0. The predicted octanol–water partition coefficient (Wildman–Crippen LogP) is 7.61. The molecule has 0 spiro atoms. The van der Waals surface area contributed by atoms with Crippen LogP contribution in [-0.2, 0) is 13.8 Å². The molecule has 0 aromatic heterocycles. The molecule has 0 aromatic carbocycles. The molecule has 0 saturated heterocycles. The number of hydrogen-bond acceptors (Lipinski definition) is 4. The summed E-state index contributed by atoms with van der Waals surface area (Å²) in [7, 11) is 1.58. The lowest BCUT2D eigenvalue weighted by atomic mass is 9.46. The molecule has 3 aliphatic carbocycles. The number of fused-ring (bicyclic) bond motifs is 3. The van der Waals surface area contributed by atoms with E-state index >= 15 is 0 Å². The van der Waals surface area contributed by atoms with Crippen LogP contribution in [-0.4, -0.2) is 18.0 Å². The van der Waals surface area contributed by atoms with Gasteiger partial charge in [-0.15, -0.1) is 39.2 Å². The minimum atomic E-state index is 0.0119. The monoisotopic (exact) mass is 472 g/mol. The molecule has 0 bridgehead atoms. The molecule has 0 N–H and O–H groups in total. The topological polar surface area (TPSA) is 43.4 Å². The van der Waals surface area contributed by atoms with Gasteiger partial charge in [-0.25, -0.2) is 0 Å². The minimum absolute atomic E-state index is 0.0119. The van der Waals surface area contributed by atoms with Gasteiger partial charge >= 0.3 is 0 Å². The highest BCUT2D eigenvalue weighted by Crippen LogP contribution is 2.62. The Balaban J connectivity index is 0.00000158. The first-order valence-electron chi connectivity index (χ1n) is 11.8. The van der Waals surface area contributed by atoms with E-state index < -0.39 is 0 Å². The Morgan fingerprint density at radius 2 is 1.85 bits per heavy atom. The van der Waals surface area contributed by atoms with Crippen molar-refractivity contribution in [3.05, 3.63) is 50.1 Å². The van der Waals surface area contributed by atoms with E-state index in [9.17, 15) is 9.59 Å². The van der Waals surface area contributed by atoms with Gasteiger partial charge in [0.05, 0.1) is 19.2 Å². The third-order valence-electron chi connectivity index (χ3n) is 8.14. The van der Waals surface area contributed by atoms with Crippen molar-refractivity contribution < 1.29 is 13.8 Å². The number of allylic oxidation sites excluding steroid dienone is 4. The van der Waals surface area contributed by atoms with E-state index in [1.54, 1.807) is 13.2 Å². The van der Waals surface area contributed by atoms with Gasteiger partial charge in [0, 0.05) is 11.3 Å². The SMILES string of the molecule is C#C.C=C.C=C.CCCC(C(=O)SOC)[C@@]1(C)CCC2[C@@H](CCC3=CC(=O)C=C[C@@]32C)C1C. The fourth-order valence-corrected chi connectivity index (χ4v) is 7.01. The molecule has 0 amide bonds. The van der Waals surface area contributed by atoms with Crippen molar-refractivity contribution in [2.45, 2.75) is 66.2 Å². The van der Waals surface area contributed by atoms with Crippen LogP contribution in [0.25, 0.3) is 0 Å². The third kappa shape index (κ3) is 6.40. The fourth-order valence-electron chi connectivity index (χ4n) is 6.34. The van der Waals surface area contributed by atoms with E-state index in [2.05, 4.69) is 72.9 Å². The Morgan fingerprint density at radius 1 is 1.24 bits per heavy atom. The van der Waals surface area contributed by atoms with Gasteiger partial charge in [-0.1, -0.05) is 45.8 Å². The summed E-state index contributed by atoms with van der Waals surface area (Å²) in [6, 6.07) is 0. The first-order valence-corrected chi connectivity index (χ1v) is 12.5. The average molecular weight is 473 g/mol. The van der Waals surface area contributed by atoms with Crippen LogP contribution >= 0.6 is 12.0 Å². The molecular formula is C29H44O3S. The maximum absolute atomic E-state index is 12.9. The molecule has 0 heterocycles. The largest absolute Gasteiger partial charge is 0.311 e. The van der Waals surface area contributed by atoms with Crippen LogP contribution < -0.4 is 0 Å². The standard InChI is InChI=1S/C23H34O3S.2C2H4.C2H2/c1-6-7-20(21(25)27-26-5)22(3)13-11-19-18(15(22)2)9-8-16-14-17(24)10-12-23(16,19)4;3*1-2/h10,12,14-15,18-20H,6-9,11,13H2,1-5H3;2*1-2H2;1-2H/t15?,18-,19?,20?,22-,23-;;;/m0.../s1. The van der Waals surface area contributed by atoms with E-state index in [-0.39, 0.29) is 27.6 Å². The quantitative estimate of drug-likeness (QED) is 0.235. The number of carbonyl (C=O) groups excluding carboxylic acids is 2. The number of ketones is 1. The van der Waals surface area contributed by atoms with Crippen molar-refractivity contribution in [3.8, 4) is 12.8 Å². The van der Waals surface area contributed by atoms with E-state index in [0.717, 1.165) is 50.6 Å². The van der Waals surface area contributed by atoms with Crippen molar-refractivity contribution in [1.29, 1.82) is 0 Å². The average Bonchev–Trinajstić information content (AvgIpc) is 2.84. The smallest absolute Gasteiger partial charge is 0.219 e. The summed E-state index contributed by atoms with van der Waals surface area (Å²) >= 11 is 1.02. The summed E-state index contributed by atoms with van der Waals surface area (Å²) in [6.45, 7) is 21.2. The molecule has 3 rings (SSSR count). The van der Waals surface area contributed by atoms with E-state index in [1.807, 2.05) is 6.08 Å². The summed E-state index contributed by atoms with van der Waals surface area (Å²) in [6.07, 6.45) is 20.1. The van der Waals surface area contributed by atoms with Gasteiger partial charge in [0.1, 0.15) is 0 Å². The first-order chi connectivity index (χ1) is 15.8. The van der Waals surface area contributed by atoms with Crippen LogP contribution in [0.4, 0.5) is 0 Å². The van der Waals surface area contributed by atoms with Gasteiger partial charge < -0.3 is 4.18 Å². The van der Waals surface area contributed by atoms with E-state index in [4.69, 9.17) is 4.18 Å². The third-order valence-corrected chi connectivity index (χ3v) is 8.75. The van der Waals surface area contributed by atoms with Gasteiger partial charge in [-0.2, -0.15) is 0 Å². The van der Waals surface area contributed by atoms with Crippen LogP contribution in [0.3, 0.4) is 0 Å². The summed E-state index contributed by atoms with van der Waals surface area (Å²) < 4.78 is 5.12. The minimum Gasteiger partial charge on any atom is -0.311 e. The molecule has 3 nitrogen and oxygen atoms in total. The zero-order valence-electron chi connectivity index (χ0n) is 21.4. The van der Waals surface area contributed by atoms with E-state index in [1.165, 1.54) is 5.57 Å². The molecule has 2 saturated carbocycles. The lowest BCUT2D eigenvalue weighted by Gasteiger charge is -2.58. The molecule has 0 aliphatic heterocycles. The maximum atomic E-state index is 12.9. The second-order valence-corrected chi connectivity index (χ2v) is 10.1. The second-order valence-electron chi connectivity index (χ2n) is 9.24. The Morgan fingerprint density at radius 3 is 2.39 bits per heavy atom. The van der Waals surface area contributed by atoms with E-state index in [0.29, 0.717) is 17.8 Å². The molecule has 184 valence electrons. The number of carbonyl (C=O) groups is 2. The zero-order chi connectivity index (χ0) is 25.8. The van der Waals surface area contributed by atoms with Crippen molar-refractivity contribution in [2.24, 2.45) is 34.5 Å². The van der Waals surface area contributed by atoms with Crippen LogP contribution in [0.2, 0.25) is 0 Å². The van der Waals surface area contributed by atoms with Gasteiger partial charge in [-0.05, 0) is 67.4 Å². The van der Waals surface area contributed by atoms with Crippen molar-refractivity contribution in [2.75, 3.05) is 7.11 Å². The summed E-state index contributed by atoms with van der Waals surface area (Å²) in [5.74, 6) is 1.84. The highest BCUT2D eigenvalue weighted by Gasteiger charge is 2.55. The summed E-state index contributed by atoms with van der Waals surface area (Å²) in [4.78, 5) is 24.7. The first kappa shape index (κ1) is 31.2. The van der Waals surface area contributed by atoms with Crippen LogP contribution in [0.1, 0.15) is 66.2 Å². The highest BCUT2D eigenvalue weighted by atomic mass is 32.2. The molecule has 3 unspecified atom stereocenters. The normalized spacial score (nSPS) is 32.5. The highest BCUT2D eigenvalue weighted by molar-refractivity contribution is 8.09. The molecule has 4 heteroatoms. The van der Waals surface area contributed by atoms with Crippen LogP contribution in [0, 0.1) is 47.3 Å². The predicted molar refractivity (Wildman–Crippen MR) is 143 cm³/mol. The summed E-state index contributed by atoms with van der Waals surface area (Å²) in [5, 5.41) is 0.193. The van der Waals surface area contributed by atoms with Crippen LogP contribution in [0.5, 0.6) is 0 Å². The van der Waals surface area contributed by atoms with Crippen molar-refractivity contribution >= 4 is 22.9 Å². The Kier molecular flexibility index (Phi) is 13.6. The molecule has 2 fully saturated rings. The molecule has 6 atom stereocenters.